The molecule has 0 saturated carbocycles. The maximum absolute atomic E-state index is 12.1. The molecule has 1 atom stereocenters. The van der Waals surface area contributed by atoms with Gasteiger partial charge in [-0.1, -0.05) is 17.7 Å². The molecule has 0 spiro atoms. The molecule has 7 heteroatoms. The van der Waals surface area contributed by atoms with Crippen LogP contribution in [0.25, 0.3) is 0 Å². The molecule has 1 heterocycles. The number of aryl methyl sites for hydroxylation is 1. The summed E-state index contributed by atoms with van der Waals surface area (Å²) in [6.45, 7) is 2.54. The molecule has 1 aromatic carbocycles. The van der Waals surface area contributed by atoms with Gasteiger partial charge in [-0.15, -0.1) is 11.8 Å². The molecule has 0 aromatic heterocycles. The average Bonchev–Trinajstić information content (AvgIpc) is 2.99. The number of nitrogens with one attached hydrogen (secondary N) is 1. The number of primary amides is 1. The number of nitrogens with two attached hydrogens (primary N) is 1. The number of rotatable bonds is 6. The summed E-state index contributed by atoms with van der Waals surface area (Å²) in [6, 6.07) is 7.02. The second-order valence-corrected chi connectivity index (χ2v) is 6.54. The lowest BCUT2D eigenvalue weighted by molar-refractivity contribution is -0.135. The predicted molar refractivity (Wildman–Crippen MR) is 91.1 cm³/mol. The van der Waals surface area contributed by atoms with Crippen LogP contribution in [0.1, 0.15) is 18.4 Å². The van der Waals surface area contributed by atoms with E-state index in [-0.39, 0.29) is 23.3 Å². The Balaban J connectivity index is 1.73. The second kappa shape index (κ2) is 8.01. The molecule has 6 nitrogen and oxygen atoms in total. The lowest BCUT2D eigenvalue weighted by Gasteiger charge is -2.21. The number of anilines is 1. The van der Waals surface area contributed by atoms with Gasteiger partial charge in [-0.3, -0.25) is 14.4 Å². The fourth-order valence-corrected chi connectivity index (χ4v) is 3.21. The summed E-state index contributed by atoms with van der Waals surface area (Å²) in [7, 11) is 0. The van der Waals surface area contributed by atoms with Crippen molar-refractivity contribution in [2.24, 2.45) is 5.73 Å². The molecule has 23 heavy (non-hydrogen) atoms. The number of hydrogen-bond acceptors (Lipinski definition) is 4. The van der Waals surface area contributed by atoms with Crippen molar-refractivity contribution in [3.05, 3.63) is 29.8 Å². The summed E-state index contributed by atoms with van der Waals surface area (Å²) in [5.41, 5.74) is 7.16. The molecule has 0 radical (unpaired) electrons. The molecule has 1 saturated heterocycles. The van der Waals surface area contributed by atoms with Crippen LogP contribution in [0.5, 0.6) is 0 Å². The quantitative estimate of drug-likeness (QED) is 0.815. The minimum absolute atomic E-state index is 0.139. The fourth-order valence-electron chi connectivity index (χ4n) is 2.51. The predicted octanol–water partition coefficient (Wildman–Crippen LogP) is 1.14. The smallest absolute Gasteiger partial charge is 0.240 e. The molecule has 3 N–H and O–H groups in total. The first kappa shape index (κ1) is 17.3. The van der Waals surface area contributed by atoms with E-state index in [4.69, 9.17) is 5.73 Å². The highest BCUT2D eigenvalue weighted by Gasteiger charge is 2.32. The molecule has 1 aromatic rings. The largest absolute Gasteiger partial charge is 0.368 e. The van der Waals surface area contributed by atoms with Crippen molar-refractivity contribution in [2.75, 3.05) is 23.4 Å². The zero-order valence-corrected chi connectivity index (χ0v) is 13.9. The maximum atomic E-state index is 12.1. The molecule has 3 amide bonds. The van der Waals surface area contributed by atoms with Crippen LogP contribution in [-0.2, 0) is 14.4 Å². The summed E-state index contributed by atoms with van der Waals surface area (Å²) in [4.78, 5) is 36.7. The Kier molecular flexibility index (Phi) is 6.04. The summed E-state index contributed by atoms with van der Waals surface area (Å²) in [5.74, 6) is -0.392. The van der Waals surface area contributed by atoms with Crippen molar-refractivity contribution in [1.29, 1.82) is 0 Å². The molecule has 1 aliphatic heterocycles. The minimum atomic E-state index is -0.496. The van der Waals surface area contributed by atoms with Crippen molar-refractivity contribution in [1.82, 2.24) is 4.90 Å². The van der Waals surface area contributed by atoms with Crippen molar-refractivity contribution in [3.8, 4) is 0 Å². The van der Waals surface area contributed by atoms with Crippen molar-refractivity contribution < 1.29 is 14.4 Å². The Labute approximate surface area is 139 Å². The van der Waals surface area contributed by atoms with Crippen LogP contribution < -0.4 is 11.1 Å². The number of carbonyl (C=O) groups is 3. The van der Waals surface area contributed by atoms with Crippen molar-refractivity contribution in [2.45, 2.75) is 25.8 Å². The van der Waals surface area contributed by atoms with Crippen LogP contribution in [0.3, 0.4) is 0 Å². The molecule has 1 aliphatic rings. The number of hydrogen-bond donors (Lipinski definition) is 2. The summed E-state index contributed by atoms with van der Waals surface area (Å²) < 4.78 is 0. The van der Waals surface area contributed by atoms with E-state index in [1.54, 1.807) is 0 Å². The van der Waals surface area contributed by atoms with Gasteiger partial charge in [-0.2, -0.15) is 0 Å². The lowest BCUT2D eigenvalue weighted by Crippen LogP contribution is -2.44. The molecular weight excluding hydrogens is 314 g/mol. The normalized spacial score (nSPS) is 17.1. The third-order valence-corrected chi connectivity index (χ3v) is 4.61. The zero-order chi connectivity index (χ0) is 16.8. The topological polar surface area (TPSA) is 92.5 Å². The van der Waals surface area contributed by atoms with Crippen LogP contribution in [0.2, 0.25) is 0 Å². The van der Waals surface area contributed by atoms with E-state index in [0.717, 1.165) is 17.7 Å². The molecule has 2 rings (SSSR count). The van der Waals surface area contributed by atoms with E-state index >= 15 is 0 Å². The Bertz CT molecular complexity index is 589. The molecule has 124 valence electrons. The molecule has 1 fully saturated rings. The Morgan fingerprint density at radius 3 is 2.61 bits per heavy atom. The SMILES string of the molecule is Cc1ccc(NC(=O)CSCC(=O)N2CCC[C@H]2C(N)=O)cc1. The van der Waals surface area contributed by atoms with Crippen LogP contribution in [0.15, 0.2) is 24.3 Å². The third kappa shape index (κ3) is 4.99. The lowest BCUT2D eigenvalue weighted by atomic mass is 10.2. The number of carbonyl (C=O) groups excluding carboxylic acids is 3. The zero-order valence-electron chi connectivity index (χ0n) is 13.1. The first-order valence-electron chi connectivity index (χ1n) is 7.50. The second-order valence-electron chi connectivity index (χ2n) is 5.55. The van der Waals surface area contributed by atoms with E-state index in [1.807, 2.05) is 31.2 Å². The summed E-state index contributed by atoms with van der Waals surface area (Å²) in [5, 5.41) is 2.78. The average molecular weight is 335 g/mol. The first-order chi connectivity index (χ1) is 11.0. The standard InChI is InChI=1S/C16H21N3O3S/c1-11-4-6-12(7-5-11)18-14(20)9-23-10-15(21)19-8-2-3-13(19)16(17)22/h4-7,13H,2-3,8-10H2,1H3,(H2,17,22)(H,18,20)/t13-/m0/s1. The highest BCUT2D eigenvalue weighted by atomic mass is 32.2. The molecule has 0 unspecified atom stereocenters. The third-order valence-electron chi connectivity index (χ3n) is 3.70. The van der Waals surface area contributed by atoms with Crippen LogP contribution >= 0.6 is 11.8 Å². The van der Waals surface area contributed by atoms with E-state index in [2.05, 4.69) is 5.32 Å². The van der Waals surface area contributed by atoms with Gasteiger partial charge in [0.25, 0.3) is 0 Å². The number of nitrogens with zero attached hydrogens (tertiary/aromatic N) is 1. The maximum Gasteiger partial charge on any atom is 0.240 e. The fraction of sp³-hybridized carbons (Fsp3) is 0.438. The van der Waals surface area contributed by atoms with Gasteiger partial charge < -0.3 is 16.0 Å². The van der Waals surface area contributed by atoms with Gasteiger partial charge in [0.15, 0.2) is 0 Å². The molecule has 0 aliphatic carbocycles. The highest BCUT2D eigenvalue weighted by molar-refractivity contribution is 8.00. The van der Waals surface area contributed by atoms with Crippen LogP contribution in [-0.4, -0.2) is 46.7 Å². The van der Waals surface area contributed by atoms with E-state index in [9.17, 15) is 14.4 Å². The van der Waals surface area contributed by atoms with Gasteiger partial charge in [0.2, 0.25) is 17.7 Å². The number of likely N-dealkylation sites (tertiary alicyclic amines) is 1. The van der Waals surface area contributed by atoms with Gasteiger partial charge in [0.1, 0.15) is 6.04 Å². The number of thioether (sulfide) groups is 1. The van der Waals surface area contributed by atoms with Gasteiger partial charge in [-0.25, -0.2) is 0 Å². The van der Waals surface area contributed by atoms with Gasteiger partial charge in [0.05, 0.1) is 11.5 Å². The van der Waals surface area contributed by atoms with Crippen LogP contribution in [0.4, 0.5) is 5.69 Å². The van der Waals surface area contributed by atoms with Crippen molar-refractivity contribution >= 4 is 35.2 Å². The van der Waals surface area contributed by atoms with Gasteiger partial charge in [-0.05, 0) is 31.9 Å². The Hall–Kier alpha value is -2.02. The summed E-state index contributed by atoms with van der Waals surface area (Å²) >= 11 is 1.24. The summed E-state index contributed by atoms with van der Waals surface area (Å²) in [6.07, 6.45) is 1.41. The van der Waals surface area contributed by atoms with Gasteiger partial charge in [0, 0.05) is 12.2 Å². The molecule has 0 bridgehead atoms. The minimum Gasteiger partial charge on any atom is -0.368 e. The monoisotopic (exact) mass is 335 g/mol. The molecular formula is C16H21N3O3S. The van der Waals surface area contributed by atoms with E-state index < -0.39 is 11.9 Å². The van der Waals surface area contributed by atoms with Crippen LogP contribution in [0, 0.1) is 6.92 Å². The van der Waals surface area contributed by atoms with E-state index in [0.29, 0.717) is 13.0 Å². The number of benzene rings is 1. The van der Waals surface area contributed by atoms with Crippen molar-refractivity contribution in [3.63, 3.8) is 0 Å². The number of amides is 3. The van der Waals surface area contributed by atoms with E-state index in [1.165, 1.54) is 16.7 Å². The Morgan fingerprint density at radius 1 is 1.26 bits per heavy atom. The highest BCUT2D eigenvalue weighted by Crippen LogP contribution is 2.18. The van der Waals surface area contributed by atoms with Gasteiger partial charge >= 0.3 is 0 Å². The Morgan fingerprint density at radius 2 is 1.96 bits per heavy atom. The first-order valence-corrected chi connectivity index (χ1v) is 8.66.